The molecule has 2 aromatic heterocycles. The lowest BCUT2D eigenvalue weighted by Gasteiger charge is -2.11. The lowest BCUT2D eigenvalue weighted by atomic mass is 10.0. The van der Waals surface area contributed by atoms with E-state index in [1.54, 1.807) is 24.3 Å². The first-order chi connectivity index (χ1) is 19.3. The molecular weight excluding hydrogens is 536 g/mol. The molecule has 3 aromatic carbocycles. The monoisotopic (exact) mass is 558 g/mol. The second-order valence-corrected chi connectivity index (χ2v) is 10.00. The fraction of sp³-hybridized carbons (Fsp3) is 0.0714. The number of carbonyl (C=O) groups is 1. The summed E-state index contributed by atoms with van der Waals surface area (Å²) < 4.78 is 43.5. The van der Waals surface area contributed by atoms with E-state index in [0.717, 1.165) is 10.8 Å². The third-order valence-corrected chi connectivity index (χ3v) is 7.19. The molecule has 5 rings (SSSR count). The summed E-state index contributed by atoms with van der Waals surface area (Å²) in [6.07, 6.45) is 3.80. The Morgan fingerprint density at radius 1 is 0.950 bits per heavy atom. The van der Waals surface area contributed by atoms with E-state index in [9.17, 15) is 18.0 Å². The molecule has 0 fully saturated rings. The van der Waals surface area contributed by atoms with Gasteiger partial charge in [0.15, 0.2) is 11.5 Å². The van der Waals surface area contributed by atoms with Crippen LogP contribution in [-0.2, 0) is 10.0 Å². The normalized spacial score (nSPS) is 11.6. The van der Waals surface area contributed by atoms with Gasteiger partial charge in [0, 0.05) is 29.0 Å². The average Bonchev–Trinajstić information content (AvgIpc) is 2.97. The maximum atomic E-state index is 12.9. The van der Waals surface area contributed by atoms with Crippen LogP contribution < -0.4 is 25.1 Å². The van der Waals surface area contributed by atoms with Crippen LogP contribution in [0.25, 0.3) is 21.7 Å². The molecule has 0 spiro atoms. The molecule has 0 radical (unpaired) electrons. The first kappa shape index (κ1) is 26.4. The van der Waals surface area contributed by atoms with Gasteiger partial charge in [0.2, 0.25) is 5.03 Å². The molecule has 0 aliphatic heterocycles. The van der Waals surface area contributed by atoms with Gasteiger partial charge < -0.3 is 19.2 Å². The van der Waals surface area contributed by atoms with Crippen LogP contribution in [0.5, 0.6) is 11.8 Å². The van der Waals surface area contributed by atoms with Gasteiger partial charge in [-0.2, -0.15) is 18.4 Å². The van der Waals surface area contributed by atoms with Crippen molar-refractivity contribution in [3.63, 3.8) is 0 Å². The number of hydrogen-bond acceptors (Lipinski definition) is 10. The van der Waals surface area contributed by atoms with Crippen molar-refractivity contribution in [1.29, 1.82) is 0 Å². The predicted octanol–water partition coefficient (Wildman–Crippen LogP) is 4.36. The molecule has 2 heterocycles. The van der Waals surface area contributed by atoms with Crippen LogP contribution in [0.4, 0.5) is 11.4 Å². The van der Waals surface area contributed by atoms with Crippen LogP contribution in [0.3, 0.4) is 0 Å². The van der Waals surface area contributed by atoms with Crippen molar-refractivity contribution in [3.05, 3.63) is 101 Å². The number of methoxy groups -OCH3 is 2. The van der Waals surface area contributed by atoms with E-state index in [2.05, 4.69) is 20.0 Å². The lowest BCUT2D eigenvalue weighted by Crippen LogP contribution is -2.16. The number of fused-ring (bicyclic) bond motifs is 3. The third kappa shape index (κ3) is 5.33. The van der Waals surface area contributed by atoms with E-state index in [4.69, 9.17) is 13.9 Å². The van der Waals surface area contributed by atoms with Crippen molar-refractivity contribution < 1.29 is 27.1 Å². The average molecular weight is 559 g/mol. The number of aromatic nitrogens is 2. The van der Waals surface area contributed by atoms with E-state index < -0.39 is 21.4 Å². The number of nitrogens with zero attached hydrogens (tertiary/aromatic N) is 2. The molecular formula is C28H22N4O7S. The van der Waals surface area contributed by atoms with Gasteiger partial charge in [-0.1, -0.05) is 30.3 Å². The molecule has 0 saturated heterocycles. The van der Waals surface area contributed by atoms with Gasteiger partial charge in [-0.25, -0.2) is 4.79 Å². The highest BCUT2D eigenvalue weighted by Gasteiger charge is 2.23. The number of ketones is 1. The smallest absolute Gasteiger partial charge is 0.347 e. The number of carbonyl (C=O) groups excluding carboxylic acids is 1. The van der Waals surface area contributed by atoms with Gasteiger partial charge >= 0.3 is 11.6 Å². The van der Waals surface area contributed by atoms with Gasteiger partial charge in [-0.3, -0.25) is 9.52 Å². The summed E-state index contributed by atoms with van der Waals surface area (Å²) >= 11 is 0. The van der Waals surface area contributed by atoms with Gasteiger partial charge in [0.05, 0.1) is 20.4 Å². The fourth-order valence-electron chi connectivity index (χ4n) is 3.96. The summed E-state index contributed by atoms with van der Waals surface area (Å²) in [5.41, 5.74) is 0.391. The third-order valence-electron chi connectivity index (χ3n) is 5.89. The second kappa shape index (κ2) is 10.9. The summed E-state index contributed by atoms with van der Waals surface area (Å²) in [6.45, 7) is 0. The second-order valence-electron chi connectivity index (χ2n) is 8.40. The topological polar surface area (TPSA) is 150 Å². The van der Waals surface area contributed by atoms with Crippen molar-refractivity contribution >= 4 is 48.9 Å². The minimum atomic E-state index is -4.12. The van der Waals surface area contributed by atoms with Crippen LogP contribution in [0, 0.1) is 0 Å². The number of nitrogens with one attached hydrogen (secondary N) is 2. The Labute approximate surface area is 228 Å². The van der Waals surface area contributed by atoms with Gasteiger partial charge in [0.1, 0.15) is 11.1 Å². The molecule has 40 heavy (non-hydrogen) atoms. The molecule has 5 aromatic rings. The lowest BCUT2D eigenvalue weighted by molar-refractivity contribution is 0.104. The zero-order valence-corrected chi connectivity index (χ0v) is 22.1. The minimum absolute atomic E-state index is 0.0463. The first-order valence-corrected chi connectivity index (χ1v) is 13.3. The summed E-state index contributed by atoms with van der Waals surface area (Å²) in [4.78, 5) is 33.0. The Kier molecular flexibility index (Phi) is 7.17. The molecule has 0 bridgehead atoms. The number of ether oxygens (including phenoxy) is 2. The van der Waals surface area contributed by atoms with E-state index >= 15 is 0 Å². The van der Waals surface area contributed by atoms with E-state index in [1.165, 1.54) is 44.8 Å². The highest BCUT2D eigenvalue weighted by molar-refractivity contribution is 7.92. The van der Waals surface area contributed by atoms with E-state index in [-0.39, 0.29) is 28.0 Å². The maximum Gasteiger partial charge on any atom is 0.347 e. The van der Waals surface area contributed by atoms with Crippen LogP contribution >= 0.6 is 0 Å². The number of anilines is 2. The van der Waals surface area contributed by atoms with Crippen molar-refractivity contribution in [2.45, 2.75) is 5.03 Å². The molecule has 0 saturated carbocycles. The maximum absolute atomic E-state index is 12.9. The van der Waals surface area contributed by atoms with Gasteiger partial charge in [0.25, 0.3) is 10.0 Å². The van der Waals surface area contributed by atoms with Crippen molar-refractivity contribution in [3.8, 4) is 11.8 Å². The Morgan fingerprint density at radius 2 is 1.70 bits per heavy atom. The van der Waals surface area contributed by atoms with Crippen LogP contribution in [-0.4, -0.2) is 38.4 Å². The Morgan fingerprint density at radius 3 is 2.45 bits per heavy atom. The quantitative estimate of drug-likeness (QED) is 0.0878. The first-order valence-electron chi connectivity index (χ1n) is 11.8. The molecule has 2 N–H and O–H groups in total. The predicted molar refractivity (Wildman–Crippen MR) is 149 cm³/mol. The molecule has 0 unspecified atom stereocenters. The highest BCUT2D eigenvalue weighted by atomic mass is 32.2. The number of benzene rings is 3. The van der Waals surface area contributed by atoms with E-state index in [1.807, 2.05) is 30.3 Å². The van der Waals surface area contributed by atoms with Crippen molar-refractivity contribution in [2.24, 2.45) is 0 Å². The summed E-state index contributed by atoms with van der Waals surface area (Å²) in [5.74, 6) is -0.579. The Bertz CT molecular complexity index is 1940. The largest absolute Gasteiger partial charge is 0.492 e. The highest BCUT2D eigenvalue weighted by Crippen LogP contribution is 2.26. The molecule has 202 valence electrons. The molecule has 0 aliphatic rings. The van der Waals surface area contributed by atoms with Gasteiger partial charge in [-0.15, -0.1) is 0 Å². The van der Waals surface area contributed by atoms with Gasteiger partial charge in [-0.05, 0) is 47.2 Å². The SMILES string of the molecule is COc1ncc(OC)c(S(=O)(=O)Nc2ccc(N/C=C/C(=O)c3cc4c(ccc5ccccc54)oc3=O)cc2)n1. The number of rotatable bonds is 9. The molecule has 12 heteroatoms. The number of allylic oxidation sites excluding steroid dienone is 1. The summed E-state index contributed by atoms with van der Waals surface area (Å²) in [5, 5.41) is 5.03. The molecule has 0 amide bonds. The standard InChI is InChI=1S/C28H22N4O7S/c1-37-25-16-30-28(38-2)31-26(25)40(35,36)32-19-10-8-18(9-11-19)29-14-13-23(33)22-15-21-20-6-4-3-5-17(20)7-12-24(21)39-27(22)34/h3-16,29,32H,1-2H3/b14-13+. The molecule has 0 atom stereocenters. The minimum Gasteiger partial charge on any atom is -0.492 e. The fourth-order valence-corrected chi connectivity index (χ4v) is 5.10. The van der Waals surface area contributed by atoms with Crippen molar-refractivity contribution in [1.82, 2.24) is 9.97 Å². The Hall–Kier alpha value is -5.23. The van der Waals surface area contributed by atoms with Crippen LogP contribution in [0.15, 0.2) is 99.4 Å². The van der Waals surface area contributed by atoms with Crippen LogP contribution in [0.2, 0.25) is 0 Å². The number of sulfonamides is 1. The molecule has 11 nitrogen and oxygen atoms in total. The van der Waals surface area contributed by atoms with Crippen molar-refractivity contribution in [2.75, 3.05) is 24.3 Å². The molecule has 0 aliphatic carbocycles. The van der Waals surface area contributed by atoms with Crippen LogP contribution in [0.1, 0.15) is 10.4 Å². The zero-order valence-electron chi connectivity index (χ0n) is 21.2. The zero-order chi connectivity index (χ0) is 28.3. The summed E-state index contributed by atoms with van der Waals surface area (Å²) in [6, 6.07) is 18.8. The van der Waals surface area contributed by atoms with E-state index in [0.29, 0.717) is 16.7 Å². The summed E-state index contributed by atoms with van der Waals surface area (Å²) in [7, 11) is -1.50. The number of hydrogen-bond donors (Lipinski definition) is 2. The Balaban J connectivity index is 1.30.